The van der Waals surface area contributed by atoms with E-state index in [9.17, 15) is 15.3 Å². The number of aromatic nitrogens is 7. The van der Waals surface area contributed by atoms with Gasteiger partial charge in [0.15, 0.2) is 5.82 Å². The maximum atomic E-state index is 10.2. The van der Waals surface area contributed by atoms with E-state index in [0.717, 1.165) is 0 Å². The van der Waals surface area contributed by atoms with Crippen LogP contribution >= 0.6 is 0 Å². The Morgan fingerprint density at radius 1 is 0.920 bits per heavy atom. The number of H-pyrrole nitrogens is 1. The summed E-state index contributed by atoms with van der Waals surface area (Å²) in [5.74, 6) is -0.240. The van der Waals surface area contributed by atoms with Crippen molar-refractivity contribution in [3.8, 4) is 45.7 Å². The number of hydrogen-bond acceptors (Lipinski definition) is 8. The van der Waals surface area contributed by atoms with E-state index in [1.165, 1.54) is 22.9 Å². The van der Waals surface area contributed by atoms with Crippen LogP contribution in [0.4, 0.5) is 0 Å². The van der Waals surface area contributed by atoms with Gasteiger partial charge in [0.2, 0.25) is 0 Å². The van der Waals surface area contributed by atoms with Crippen LogP contribution in [0.25, 0.3) is 28.3 Å². The summed E-state index contributed by atoms with van der Waals surface area (Å²) in [5.41, 5.74) is 1.65. The second-order valence-electron chi connectivity index (χ2n) is 5.14. The van der Waals surface area contributed by atoms with Gasteiger partial charge in [0.1, 0.15) is 22.9 Å². The number of rotatable bonds is 3. The molecule has 0 aliphatic heterocycles. The maximum absolute atomic E-state index is 10.2. The molecule has 124 valence electrons. The van der Waals surface area contributed by atoms with Crippen molar-refractivity contribution < 1.29 is 15.3 Å². The van der Waals surface area contributed by atoms with Crippen LogP contribution in [0.3, 0.4) is 0 Å². The second-order valence-corrected chi connectivity index (χ2v) is 5.14. The third-order valence-corrected chi connectivity index (χ3v) is 3.62. The van der Waals surface area contributed by atoms with Gasteiger partial charge >= 0.3 is 0 Å². The Bertz CT molecular complexity index is 1040. The Kier molecular flexibility index (Phi) is 3.28. The van der Waals surface area contributed by atoms with Crippen molar-refractivity contribution >= 4 is 0 Å². The van der Waals surface area contributed by atoms with Crippen LogP contribution in [0.1, 0.15) is 0 Å². The van der Waals surface area contributed by atoms with E-state index in [1.807, 2.05) is 0 Å². The summed E-state index contributed by atoms with van der Waals surface area (Å²) in [6, 6.07) is 11.1. The number of phenols is 2. The van der Waals surface area contributed by atoms with Crippen LogP contribution in [0.2, 0.25) is 0 Å². The van der Waals surface area contributed by atoms with Crippen LogP contribution in [-0.2, 0) is 0 Å². The lowest BCUT2D eigenvalue weighted by Gasteiger charge is -2.11. The third kappa shape index (κ3) is 2.41. The number of benzene rings is 2. The molecular formula is C15H11N7O3. The topological polar surface area (TPSA) is 146 Å². The Balaban J connectivity index is 1.96. The van der Waals surface area contributed by atoms with E-state index in [4.69, 9.17) is 0 Å². The SMILES string of the molecule is Oc1ccc(-n2nnc(O)c2-c2ccccc2-c2nnn[nH]2)c(O)c1. The van der Waals surface area contributed by atoms with Gasteiger partial charge < -0.3 is 15.3 Å². The predicted molar refractivity (Wildman–Crippen MR) is 85.0 cm³/mol. The van der Waals surface area contributed by atoms with E-state index in [-0.39, 0.29) is 28.8 Å². The lowest BCUT2D eigenvalue weighted by Crippen LogP contribution is -2.01. The number of hydrogen-bond donors (Lipinski definition) is 4. The van der Waals surface area contributed by atoms with Gasteiger partial charge in [-0.15, -0.1) is 5.10 Å². The third-order valence-electron chi connectivity index (χ3n) is 3.62. The van der Waals surface area contributed by atoms with Crippen LogP contribution in [0.15, 0.2) is 42.5 Å². The fourth-order valence-corrected chi connectivity index (χ4v) is 2.54. The highest BCUT2D eigenvalue weighted by atomic mass is 16.3. The number of aromatic hydroxyl groups is 3. The fraction of sp³-hybridized carbons (Fsp3) is 0. The van der Waals surface area contributed by atoms with E-state index < -0.39 is 0 Å². The molecule has 0 aliphatic carbocycles. The molecule has 0 unspecified atom stereocenters. The molecule has 4 rings (SSSR count). The molecule has 0 fully saturated rings. The minimum absolute atomic E-state index is 0.0970. The van der Waals surface area contributed by atoms with E-state index in [2.05, 4.69) is 30.9 Å². The predicted octanol–water partition coefficient (Wildman–Crippen LogP) is 1.23. The largest absolute Gasteiger partial charge is 0.508 e. The first kappa shape index (κ1) is 14.6. The van der Waals surface area contributed by atoms with E-state index >= 15 is 0 Å². The van der Waals surface area contributed by atoms with Crippen molar-refractivity contribution in [3.63, 3.8) is 0 Å². The van der Waals surface area contributed by atoms with Gasteiger partial charge in [-0.3, -0.25) is 0 Å². The van der Waals surface area contributed by atoms with Gasteiger partial charge in [-0.25, -0.2) is 9.78 Å². The van der Waals surface area contributed by atoms with Crippen molar-refractivity contribution in [2.75, 3.05) is 0 Å². The fourth-order valence-electron chi connectivity index (χ4n) is 2.54. The van der Waals surface area contributed by atoms with Crippen LogP contribution in [-0.4, -0.2) is 50.9 Å². The summed E-state index contributed by atoms with van der Waals surface area (Å²) in [5, 5.41) is 51.0. The first-order chi connectivity index (χ1) is 12.1. The Morgan fingerprint density at radius 2 is 1.72 bits per heavy atom. The number of tetrazole rings is 1. The number of aromatic amines is 1. The van der Waals surface area contributed by atoms with Gasteiger partial charge in [-0.05, 0) is 22.6 Å². The number of phenolic OH excluding ortho intramolecular Hbond substituents is 2. The highest BCUT2D eigenvalue weighted by Crippen LogP contribution is 2.37. The summed E-state index contributed by atoms with van der Waals surface area (Å²) in [4.78, 5) is 0. The van der Waals surface area contributed by atoms with Crippen LogP contribution in [0, 0.1) is 0 Å². The van der Waals surface area contributed by atoms with Crippen LogP contribution < -0.4 is 0 Å². The molecule has 10 nitrogen and oxygen atoms in total. The molecule has 4 aromatic rings. The van der Waals surface area contributed by atoms with Gasteiger partial charge in [0, 0.05) is 17.2 Å². The minimum Gasteiger partial charge on any atom is -0.508 e. The van der Waals surface area contributed by atoms with Crippen molar-refractivity contribution in [1.29, 1.82) is 0 Å². The summed E-state index contributed by atoms with van der Waals surface area (Å²) in [7, 11) is 0. The van der Waals surface area contributed by atoms with Gasteiger partial charge in [-0.2, -0.15) is 0 Å². The molecule has 2 heterocycles. The normalized spacial score (nSPS) is 10.9. The smallest absolute Gasteiger partial charge is 0.259 e. The van der Waals surface area contributed by atoms with Crippen molar-refractivity contribution in [2.45, 2.75) is 0 Å². The lowest BCUT2D eigenvalue weighted by molar-refractivity contribution is 0.447. The summed E-state index contributed by atoms with van der Waals surface area (Å²) < 4.78 is 1.27. The Labute approximate surface area is 140 Å². The summed E-state index contributed by atoms with van der Waals surface area (Å²) >= 11 is 0. The first-order valence-corrected chi connectivity index (χ1v) is 7.15. The monoisotopic (exact) mass is 337 g/mol. The molecule has 25 heavy (non-hydrogen) atoms. The number of nitrogens with zero attached hydrogens (tertiary/aromatic N) is 6. The molecule has 4 N–H and O–H groups in total. The summed E-state index contributed by atoms with van der Waals surface area (Å²) in [6.07, 6.45) is 0. The zero-order valence-electron chi connectivity index (χ0n) is 12.6. The molecule has 10 heteroatoms. The van der Waals surface area contributed by atoms with Crippen molar-refractivity contribution in [3.05, 3.63) is 42.5 Å². The van der Waals surface area contributed by atoms with Crippen molar-refractivity contribution in [1.82, 2.24) is 35.6 Å². The first-order valence-electron chi connectivity index (χ1n) is 7.15. The molecule has 2 aromatic heterocycles. The molecule has 0 bridgehead atoms. The maximum Gasteiger partial charge on any atom is 0.259 e. The van der Waals surface area contributed by atoms with E-state index in [1.54, 1.807) is 24.3 Å². The molecule has 0 saturated carbocycles. The minimum atomic E-state index is -0.326. The second kappa shape index (κ2) is 5.60. The Hall–Kier alpha value is -3.95. The molecule has 0 radical (unpaired) electrons. The van der Waals surface area contributed by atoms with Gasteiger partial charge in [-0.1, -0.05) is 34.6 Å². The molecule has 0 aliphatic rings. The highest BCUT2D eigenvalue weighted by Gasteiger charge is 2.22. The average Bonchev–Trinajstić information content (AvgIpc) is 3.25. The van der Waals surface area contributed by atoms with Gasteiger partial charge in [0.25, 0.3) is 5.88 Å². The highest BCUT2D eigenvalue weighted by molar-refractivity contribution is 5.81. The lowest BCUT2D eigenvalue weighted by atomic mass is 10.0. The average molecular weight is 337 g/mol. The quantitative estimate of drug-likeness (QED) is 0.436. The molecule has 0 saturated heterocycles. The molecule has 2 aromatic carbocycles. The molecule has 0 amide bonds. The molecule has 0 spiro atoms. The van der Waals surface area contributed by atoms with Crippen LogP contribution in [0.5, 0.6) is 17.4 Å². The summed E-state index contributed by atoms with van der Waals surface area (Å²) in [6.45, 7) is 0. The zero-order valence-corrected chi connectivity index (χ0v) is 12.6. The standard InChI is InChI=1S/C15H11N7O3/c23-8-5-6-11(12(24)7-8)22-13(15(25)18-21-22)9-3-1-2-4-10(9)14-16-19-20-17-14/h1-7,23-25H,(H,16,17,19,20). The molecular weight excluding hydrogens is 326 g/mol. The Morgan fingerprint density at radius 3 is 2.44 bits per heavy atom. The van der Waals surface area contributed by atoms with Crippen molar-refractivity contribution in [2.24, 2.45) is 0 Å². The van der Waals surface area contributed by atoms with Gasteiger partial charge in [0.05, 0.1) is 0 Å². The zero-order chi connectivity index (χ0) is 17.4. The number of nitrogens with one attached hydrogen (secondary N) is 1. The van der Waals surface area contributed by atoms with E-state index in [0.29, 0.717) is 17.0 Å². The molecule has 0 atom stereocenters.